The molecule has 0 aromatic heterocycles. The van der Waals surface area contributed by atoms with Crippen LogP contribution in [0.5, 0.6) is 0 Å². The molecule has 0 aromatic carbocycles. The molecule has 0 aromatic rings. The number of aliphatic carboxylic acids is 1. The summed E-state index contributed by atoms with van der Waals surface area (Å²) in [7, 11) is 0. The molecular formula is C11H16ClNO4. The molecule has 0 unspecified atom stereocenters. The van der Waals surface area contributed by atoms with Gasteiger partial charge in [0.25, 0.3) is 0 Å². The Hall–Kier alpha value is -1.23. The van der Waals surface area contributed by atoms with E-state index in [9.17, 15) is 9.59 Å². The molecule has 5 nitrogen and oxygen atoms in total. The fourth-order valence-corrected chi connectivity index (χ4v) is 2.13. The number of rotatable bonds is 4. The Morgan fingerprint density at radius 2 is 2.06 bits per heavy atom. The molecule has 0 saturated carbocycles. The van der Waals surface area contributed by atoms with Crippen molar-refractivity contribution in [1.82, 2.24) is 4.90 Å². The minimum absolute atomic E-state index is 0.0673. The average Bonchev–Trinajstić information content (AvgIpc) is 2.35. The Kier molecular flexibility index (Phi) is 4.81. The van der Waals surface area contributed by atoms with E-state index in [1.165, 1.54) is 11.0 Å². The summed E-state index contributed by atoms with van der Waals surface area (Å²) in [6.45, 7) is 4.32. The molecular weight excluding hydrogens is 246 g/mol. The second-order valence-corrected chi connectivity index (χ2v) is 4.34. The Labute approximate surface area is 105 Å². The predicted molar refractivity (Wildman–Crippen MR) is 63.1 cm³/mol. The lowest BCUT2D eigenvalue weighted by molar-refractivity contribution is -0.150. The minimum atomic E-state index is -0.906. The molecule has 1 saturated heterocycles. The van der Waals surface area contributed by atoms with Crippen molar-refractivity contribution < 1.29 is 19.4 Å². The highest BCUT2D eigenvalue weighted by molar-refractivity contribution is 6.19. The van der Waals surface area contributed by atoms with E-state index < -0.39 is 17.5 Å². The molecule has 17 heavy (non-hydrogen) atoms. The molecule has 1 fully saturated rings. The first-order chi connectivity index (χ1) is 8.05. The van der Waals surface area contributed by atoms with Crippen molar-refractivity contribution in [2.45, 2.75) is 12.8 Å². The van der Waals surface area contributed by atoms with Crippen molar-refractivity contribution in [3.8, 4) is 0 Å². The normalized spacial score (nSPS) is 18.5. The number of carboxylic acids is 1. The Balaban J connectivity index is 2.52. The van der Waals surface area contributed by atoms with Crippen LogP contribution in [0.1, 0.15) is 12.8 Å². The second-order valence-electron chi connectivity index (χ2n) is 4.07. The molecule has 1 N–H and O–H groups in total. The van der Waals surface area contributed by atoms with E-state index in [1.807, 2.05) is 0 Å². The van der Waals surface area contributed by atoms with Crippen LogP contribution in [-0.2, 0) is 9.53 Å². The number of ether oxygens (including phenoxy) is 1. The SMILES string of the molecule is C=CCOC(=O)N1CCC(CCl)(C(=O)O)CC1. The summed E-state index contributed by atoms with van der Waals surface area (Å²) < 4.78 is 4.88. The summed E-state index contributed by atoms with van der Waals surface area (Å²) in [4.78, 5) is 24.1. The summed E-state index contributed by atoms with van der Waals surface area (Å²) >= 11 is 5.71. The van der Waals surface area contributed by atoms with Crippen LogP contribution in [0, 0.1) is 5.41 Å². The number of piperidine rings is 1. The number of alkyl halides is 1. The zero-order chi connectivity index (χ0) is 12.9. The predicted octanol–water partition coefficient (Wildman–Crippen LogP) is 1.71. The van der Waals surface area contributed by atoms with E-state index in [0.717, 1.165) is 0 Å². The average molecular weight is 262 g/mol. The number of carbonyl (C=O) groups is 2. The maximum atomic E-state index is 11.5. The maximum absolute atomic E-state index is 11.5. The van der Waals surface area contributed by atoms with Crippen LogP contribution < -0.4 is 0 Å². The zero-order valence-corrected chi connectivity index (χ0v) is 10.3. The van der Waals surface area contributed by atoms with E-state index in [0.29, 0.717) is 25.9 Å². The maximum Gasteiger partial charge on any atom is 0.410 e. The number of amides is 1. The molecule has 6 heteroatoms. The van der Waals surface area contributed by atoms with Gasteiger partial charge in [-0.15, -0.1) is 11.6 Å². The fourth-order valence-electron chi connectivity index (χ4n) is 1.74. The first-order valence-electron chi connectivity index (χ1n) is 5.38. The molecule has 0 spiro atoms. The molecule has 1 aliphatic heterocycles. The third-order valence-electron chi connectivity index (χ3n) is 3.01. The number of likely N-dealkylation sites (tertiary alicyclic amines) is 1. The van der Waals surface area contributed by atoms with Gasteiger partial charge in [-0.25, -0.2) is 4.79 Å². The number of carboxylic acid groups (broad SMARTS) is 1. The van der Waals surface area contributed by atoms with E-state index in [4.69, 9.17) is 21.4 Å². The van der Waals surface area contributed by atoms with Gasteiger partial charge in [0.2, 0.25) is 0 Å². The van der Waals surface area contributed by atoms with Gasteiger partial charge in [-0.1, -0.05) is 12.7 Å². The summed E-state index contributed by atoms with van der Waals surface area (Å²) in [6, 6.07) is 0. The topological polar surface area (TPSA) is 66.8 Å². The monoisotopic (exact) mass is 261 g/mol. The molecule has 1 aliphatic rings. The van der Waals surface area contributed by atoms with Crippen LogP contribution >= 0.6 is 11.6 Å². The summed E-state index contributed by atoms with van der Waals surface area (Å²) in [5, 5.41) is 9.12. The smallest absolute Gasteiger partial charge is 0.410 e. The van der Waals surface area contributed by atoms with E-state index in [2.05, 4.69) is 6.58 Å². The van der Waals surface area contributed by atoms with Gasteiger partial charge in [-0.05, 0) is 12.8 Å². The number of halogens is 1. The molecule has 0 aliphatic carbocycles. The minimum Gasteiger partial charge on any atom is -0.481 e. The van der Waals surface area contributed by atoms with Gasteiger partial charge in [0.1, 0.15) is 6.61 Å². The molecule has 0 radical (unpaired) electrons. The zero-order valence-electron chi connectivity index (χ0n) is 9.52. The van der Waals surface area contributed by atoms with Gasteiger partial charge < -0.3 is 14.7 Å². The largest absolute Gasteiger partial charge is 0.481 e. The second kappa shape index (κ2) is 5.91. The summed E-state index contributed by atoms with van der Waals surface area (Å²) in [5.41, 5.74) is -0.906. The van der Waals surface area contributed by atoms with Crippen LogP contribution in [0.15, 0.2) is 12.7 Å². The van der Waals surface area contributed by atoms with E-state index >= 15 is 0 Å². The molecule has 96 valence electrons. The van der Waals surface area contributed by atoms with Crippen molar-refractivity contribution in [3.63, 3.8) is 0 Å². The van der Waals surface area contributed by atoms with Gasteiger partial charge in [-0.3, -0.25) is 4.79 Å². The Morgan fingerprint density at radius 3 is 2.47 bits per heavy atom. The molecule has 0 bridgehead atoms. The van der Waals surface area contributed by atoms with Crippen molar-refractivity contribution in [2.24, 2.45) is 5.41 Å². The number of nitrogens with zero attached hydrogens (tertiary/aromatic N) is 1. The van der Waals surface area contributed by atoms with Gasteiger partial charge in [0.05, 0.1) is 5.41 Å². The van der Waals surface area contributed by atoms with E-state index in [1.54, 1.807) is 0 Å². The standard InChI is InChI=1S/C11H16ClNO4/c1-2-7-17-10(16)13-5-3-11(8-12,4-6-13)9(14)15/h2H,1,3-8H2,(H,14,15). The highest BCUT2D eigenvalue weighted by Crippen LogP contribution is 2.33. The van der Waals surface area contributed by atoms with Crippen molar-refractivity contribution in [2.75, 3.05) is 25.6 Å². The Morgan fingerprint density at radius 1 is 1.47 bits per heavy atom. The Bertz CT molecular complexity index is 311. The lowest BCUT2D eigenvalue weighted by Gasteiger charge is -2.36. The molecule has 1 amide bonds. The highest BCUT2D eigenvalue weighted by atomic mass is 35.5. The molecule has 1 rings (SSSR count). The molecule has 0 atom stereocenters. The fraction of sp³-hybridized carbons (Fsp3) is 0.636. The number of carbonyl (C=O) groups excluding carboxylic acids is 1. The van der Waals surface area contributed by atoms with E-state index in [-0.39, 0.29) is 12.5 Å². The third-order valence-corrected chi connectivity index (χ3v) is 3.52. The van der Waals surface area contributed by atoms with Crippen molar-refractivity contribution >= 4 is 23.7 Å². The van der Waals surface area contributed by atoms with Gasteiger partial charge in [-0.2, -0.15) is 0 Å². The van der Waals surface area contributed by atoms with Crippen LogP contribution in [0.3, 0.4) is 0 Å². The van der Waals surface area contributed by atoms with Gasteiger partial charge >= 0.3 is 12.1 Å². The van der Waals surface area contributed by atoms with Crippen LogP contribution in [0.4, 0.5) is 4.79 Å². The van der Waals surface area contributed by atoms with Gasteiger partial charge in [0.15, 0.2) is 0 Å². The van der Waals surface area contributed by atoms with Crippen molar-refractivity contribution in [3.05, 3.63) is 12.7 Å². The number of hydrogen-bond acceptors (Lipinski definition) is 3. The first kappa shape index (κ1) is 13.8. The quantitative estimate of drug-likeness (QED) is 0.618. The number of hydrogen-bond donors (Lipinski definition) is 1. The molecule has 1 heterocycles. The lowest BCUT2D eigenvalue weighted by Crippen LogP contribution is -2.47. The lowest BCUT2D eigenvalue weighted by atomic mass is 9.80. The third kappa shape index (κ3) is 3.12. The summed E-state index contributed by atoms with van der Waals surface area (Å²) in [5.74, 6) is -0.829. The van der Waals surface area contributed by atoms with Crippen LogP contribution in [0.2, 0.25) is 0 Å². The first-order valence-corrected chi connectivity index (χ1v) is 5.91. The van der Waals surface area contributed by atoms with Crippen molar-refractivity contribution in [1.29, 1.82) is 0 Å². The highest BCUT2D eigenvalue weighted by Gasteiger charge is 2.42. The van der Waals surface area contributed by atoms with Gasteiger partial charge in [0, 0.05) is 19.0 Å². The van der Waals surface area contributed by atoms with Crippen LogP contribution in [0.25, 0.3) is 0 Å². The van der Waals surface area contributed by atoms with Crippen LogP contribution in [-0.4, -0.2) is 47.6 Å². The summed E-state index contributed by atoms with van der Waals surface area (Å²) in [6.07, 6.45) is 1.77.